The summed E-state index contributed by atoms with van der Waals surface area (Å²) in [5.41, 5.74) is 10.2. The fourth-order valence-corrected chi connectivity index (χ4v) is 1.26. The summed E-state index contributed by atoms with van der Waals surface area (Å²) in [6, 6.07) is 1.33. The summed E-state index contributed by atoms with van der Waals surface area (Å²) in [5.74, 6) is -1.91. The Morgan fingerprint density at radius 2 is 2.33 bits per heavy atom. The van der Waals surface area contributed by atoms with E-state index in [9.17, 15) is 9.59 Å². The molecule has 0 aromatic carbocycles. The Balaban J connectivity index is 3.10. The van der Waals surface area contributed by atoms with E-state index < -0.39 is 17.6 Å². The molecular formula is C8H12N4O3. The summed E-state index contributed by atoms with van der Waals surface area (Å²) in [5, 5.41) is 8.90. The average Bonchev–Trinajstić information content (AvgIpc) is 2.11. The molecule has 82 valence electrons. The van der Waals surface area contributed by atoms with Crippen molar-refractivity contribution in [2.45, 2.75) is 12.3 Å². The van der Waals surface area contributed by atoms with Gasteiger partial charge in [0.05, 0.1) is 5.92 Å². The Labute approximate surface area is 85.1 Å². The molecule has 0 spiro atoms. The van der Waals surface area contributed by atoms with Gasteiger partial charge >= 0.3 is 11.7 Å². The molecule has 0 radical (unpaired) electrons. The van der Waals surface area contributed by atoms with E-state index in [4.69, 9.17) is 16.6 Å². The molecule has 1 aromatic heterocycles. The Morgan fingerprint density at radius 3 is 2.80 bits per heavy atom. The Morgan fingerprint density at radius 1 is 1.67 bits per heavy atom. The van der Waals surface area contributed by atoms with Crippen LogP contribution in [0.25, 0.3) is 0 Å². The molecule has 15 heavy (non-hydrogen) atoms. The van der Waals surface area contributed by atoms with Gasteiger partial charge < -0.3 is 21.6 Å². The van der Waals surface area contributed by atoms with Crippen LogP contribution in [0.3, 0.4) is 0 Å². The van der Waals surface area contributed by atoms with Crippen molar-refractivity contribution in [2.75, 3.05) is 12.3 Å². The normalized spacial score (nSPS) is 12.3. The minimum Gasteiger partial charge on any atom is -0.481 e. The molecule has 0 aliphatic heterocycles. The third-order valence-corrected chi connectivity index (χ3v) is 1.91. The van der Waals surface area contributed by atoms with Gasteiger partial charge in [0, 0.05) is 11.8 Å². The van der Waals surface area contributed by atoms with Crippen LogP contribution in [-0.2, 0) is 4.79 Å². The highest BCUT2D eigenvalue weighted by Gasteiger charge is 2.20. The average molecular weight is 212 g/mol. The predicted molar refractivity (Wildman–Crippen MR) is 53.3 cm³/mol. The van der Waals surface area contributed by atoms with Gasteiger partial charge in [0.15, 0.2) is 0 Å². The number of rotatable bonds is 4. The number of aliphatic carboxylic acids is 1. The molecule has 0 fully saturated rings. The number of hydrogen-bond acceptors (Lipinski definition) is 5. The summed E-state index contributed by atoms with van der Waals surface area (Å²) >= 11 is 0. The van der Waals surface area contributed by atoms with E-state index in [1.807, 2.05) is 0 Å². The molecule has 1 atom stereocenters. The topological polar surface area (TPSA) is 135 Å². The van der Waals surface area contributed by atoms with E-state index in [0.29, 0.717) is 0 Å². The van der Waals surface area contributed by atoms with E-state index >= 15 is 0 Å². The zero-order valence-electron chi connectivity index (χ0n) is 7.93. The standard InChI is InChI=1S/C8H12N4O3/c9-2-1-4(7(13)14)5-3-6(10)12-8(15)11-5/h3-4H,1-2,9H2,(H,13,14)(H3,10,11,12,15). The van der Waals surface area contributed by atoms with E-state index in [1.165, 1.54) is 6.07 Å². The fourth-order valence-electron chi connectivity index (χ4n) is 1.26. The van der Waals surface area contributed by atoms with Crippen LogP contribution < -0.4 is 17.2 Å². The fraction of sp³-hybridized carbons (Fsp3) is 0.375. The first-order valence-electron chi connectivity index (χ1n) is 4.34. The SMILES string of the molecule is NCCC(C(=O)O)c1cc(N)nc(=O)[nH]1. The van der Waals surface area contributed by atoms with Crippen LogP contribution in [0, 0.1) is 0 Å². The van der Waals surface area contributed by atoms with Crippen LogP contribution in [0.5, 0.6) is 0 Å². The number of nitrogen functional groups attached to an aromatic ring is 1. The zero-order valence-corrected chi connectivity index (χ0v) is 7.93. The van der Waals surface area contributed by atoms with Crippen molar-refractivity contribution >= 4 is 11.8 Å². The highest BCUT2D eigenvalue weighted by Crippen LogP contribution is 2.16. The van der Waals surface area contributed by atoms with Gasteiger partial charge in [0.2, 0.25) is 0 Å². The van der Waals surface area contributed by atoms with E-state index in [2.05, 4.69) is 9.97 Å². The zero-order chi connectivity index (χ0) is 11.4. The van der Waals surface area contributed by atoms with E-state index in [1.54, 1.807) is 0 Å². The molecule has 1 aromatic rings. The molecular weight excluding hydrogens is 200 g/mol. The molecule has 6 N–H and O–H groups in total. The summed E-state index contributed by atoms with van der Waals surface area (Å²) in [6.45, 7) is 0.210. The summed E-state index contributed by atoms with van der Waals surface area (Å²) in [7, 11) is 0. The van der Waals surface area contributed by atoms with Crippen LogP contribution in [0.1, 0.15) is 18.0 Å². The number of nitrogens with zero attached hydrogens (tertiary/aromatic N) is 1. The van der Waals surface area contributed by atoms with Gasteiger partial charge in [-0.25, -0.2) is 4.79 Å². The number of carbonyl (C=O) groups is 1. The van der Waals surface area contributed by atoms with Crippen LogP contribution in [-0.4, -0.2) is 27.6 Å². The van der Waals surface area contributed by atoms with Gasteiger partial charge in [-0.3, -0.25) is 4.79 Å². The second-order valence-corrected chi connectivity index (χ2v) is 3.03. The maximum absolute atomic E-state index is 11.0. The lowest BCUT2D eigenvalue weighted by atomic mass is 10.0. The van der Waals surface area contributed by atoms with Crippen molar-refractivity contribution in [3.63, 3.8) is 0 Å². The minimum absolute atomic E-state index is 0.00276. The number of carboxylic acid groups (broad SMARTS) is 1. The molecule has 1 heterocycles. The molecule has 7 heteroatoms. The second-order valence-electron chi connectivity index (χ2n) is 3.03. The number of anilines is 1. The van der Waals surface area contributed by atoms with Crippen molar-refractivity contribution in [1.29, 1.82) is 0 Å². The molecule has 7 nitrogen and oxygen atoms in total. The van der Waals surface area contributed by atoms with Crippen LogP contribution in [0.15, 0.2) is 10.9 Å². The lowest BCUT2D eigenvalue weighted by Gasteiger charge is -2.10. The summed E-state index contributed by atoms with van der Waals surface area (Å²) in [6.07, 6.45) is 0.231. The highest BCUT2D eigenvalue weighted by molar-refractivity contribution is 5.75. The number of nitrogens with one attached hydrogen (secondary N) is 1. The largest absolute Gasteiger partial charge is 0.481 e. The Hall–Kier alpha value is -1.89. The van der Waals surface area contributed by atoms with Gasteiger partial charge in [-0.1, -0.05) is 0 Å². The van der Waals surface area contributed by atoms with Crippen molar-refractivity contribution in [3.8, 4) is 0 Å². The third-order valence-electron chi connectivity index (χ3n) is 1.91. The number of carboxylic acids is 1. The summed E-state index contributed by atoms with van der Waals surface area (Å²) in [4.78, 5) is 27.6. The second kappa shape index (κ2) is 4.56. The van der Waals surface area contributed by atoms with Gasteiger partial charge in [-0.05, 0) is 13.0 Å². The van der Waals surface area contributed by atoms with Crippen molar-refractivity contribution in [1.82, 2.24) is 9.97 Å². The van der Waals surface area contributed by atoms with Gasteiger partial charge in [-0.2, -0.15) is 4.98 Å². The first kappa shape index (κ1) is 11.2. The Bertz CT molecular complexity index is 415. The third kappa shape index (κ3) is 2.78. The van der Waals surface area contributed by atoms with Crippen LogP contribution in [0.2, 0.25) is 0 Å². The first-order valence-corrected chi connectivity index (χ1v) is 4.34. The molecule has 0 aliphatic rings. The lowest BCUT2D eigenvalue weighted by molar-refractivity contribution is -0.139. The minimum atomic E-state index is -1.05. The van der Waals surface area contributed by atoms with Crippen molar-refractivity contribution < 1.29 is 9.90 Å². The molecule has 0 bridgehead atoms. The van der Waals surface area contributed by atoms with Crippen LogP contribution >= 0.6 is 0 Å². The van der Waals surface area contributed by atoms with E-state index in [-0.39, 0.29) is 24.5 Å². The number of hydrogen-bond donors (Lipinski definition) is 4. The quantitative estimate of drug-likeness (QED) is 0.498. The molecule has 1 unspecified atom stereocenters. The lowest BCUT2D eigenvalue weighted by Crippen LogP contribution is -2.22. The van der Waals surface area contributed by atoms with Gasteiger partial charge in [0.1, 0.15) is 5.82 Å². The van der Waals surface area contributed by atoms with Crippen molar-refractivity contribution in [3.05, 3.63) is 22.2 Å². The maximum atomic E-state index is 11.0. The number of aromatic nitrogens is 2. The van der Waals surface area contributed by atoms with E-state index in [0.717, 1.165) is 0 Å². The molecule has 0 saturated carbocycles. The number of aromatic amines is 1. The van der Waals surface area contributed by atoms with Gasteiger partial charge in [0.25, 0.3) is 0 Å². The van der Waals surface area contributed by atoms with Gasteiger partial charge in [-0.15, -0.1) is 0 Å². The first-order chi connectivity index (χ1) is 7.04. The highest BCUT2D eigenvalue weighted by atomic mass is 16.4. The van der Waals surface area contributed by atoms with Crippen molar-refractivity contribution in [2.24, 2.45) is 5.73 Å². The molecule has 0 amide bonds. The number of nitrogens with two attached hydrogens (primary N) is 2. The molecule has 0 aliphatic carbocycles. The maximum Gasteiger partial charge on any atom is 0.347 e. The number of H-pyrrole nitrogens is 1. The summed E-state index contributed by atoms with van der Waals surface area (Å²) < 4.78 is 0. The smallest absolute Gasteiger partial charge is 0.347 e. The van der Waals surface area contributed by atoms with Crippen LogP contribution in [0.4, 0.5) is 5.82 Å². The Kier molecular flexibility index (Phi) is 3.40. The molecule has 1 rings (SSSR count). The monoisotopic (exact) mass is 212 g/mol. The molecule has 0 saturated heterocycles. The predicted octanol–water partition coefficient (Wildman–Crippen LogP) is -1.13.